The molecule has 0 aliphatic carbocycles. The standard InChI is InChI=1S/C21H21ClN2O5/c1-12-8-14(22)5-6-18(12)29-11-17(25)19-13(2)16(9-23)20(26)24(21(19)27)10-15-4-3-7-28-15/h5-6,8,15,27H,3-4,7,10-11H2,1-2H3. The number of nitriles is 1. The smallest absolute Gasteiger partial charge is 0.271 e. The number of rotatable bonds is 6. The summed E-state index contributed by atoms with van der Waals surface area (Å²) in [5.74, 6) is -0.525. The van der Waals surface area contributed by atoms with Gasteiger partial charge in [-0.15, -0.1) is 0 Å². The monoisotopic (exact) mass is 416 g/mol. The van der Waals surface area contributed by atoms with Crippen LogP contribution in [0, 0.1) is 25.2 Å². The molecular formula is C21H21ClN2O5. The van der Waals surface area contributed by atoms with Crippen LogP contribution in [0.1, 0.15) is 39.9 Å². The summed E-state index contributed by atoms with van der Waals surface area (Å²) >= 11 is 5.92. The Morgan fingerprint density at radius 2 is 2.21 bits per heavy atom. The number of hydrogen-bond acceptors (Lipinski definition) is 6. The molecule has 1 unspecified atom stereocenters. The Bertz CT molecular complexity index is 1050. The number of Topliss-reactive ketones (excluding diaryl/α,β-unsaturated/α-hetero) is 1. The van der Waals surface area contributed by atoms with Crippen molar-refractivity contribution in [2.75, 3.05) is 13.2 Å². The highest BCUT2D eigenvalue weighted by Crippen LogP contribution is 2.26. The molecule has 2 aromatic rings. The van der Waals surface area contributed by atoms with Crippen LogP contribution in [-0.2, 0) is 11.3 Å². The predicted molar refractivity (Wildman–Crippen MR) is 107 cm³/mol. The zero-order chi connectivity index (χ0) is 21.1. The number of aryl methyl sites for hydroxylation is 1. The molecule has 0 saturated carbocycles. The van der Waals surface area contributed by atoms with Crippen LogP contribution in [0.3, 0.4) is 0 Å². The van der Waals surface area contributed by atoms with Gasteiger partial charge in [-0.25, -0.2) is 0 Å². The van der Waals surface area contributed by atoms with Gasteiger partial charge in [-0.3, -0.25) is 14.2 Å². The molecule has 7 nitrogen and oxygen atoms in total. The van der Waals surface area contributed by atoms with Gasteiger partial charge >= 0.3 is 0 Å². The van der Waals surface area contributed by atoms with Crippen LogP contribution in [0.4, 0.5) is 0 Å². The van der Waals surface area contributed by atoms with Gasteiger partial charge in [0.15, 0.2) is 6.61 Å². The van der Waals surface area contributed by atoms with Crippen molar-refractivity contribution in [2.24, 2.45) is 0 Å². The Morgan fingerprint density at radius 3 is 2.83 bits per heavy atom. The van der Waals surface area contributed by atoms with E-state index >= 15 is 0 Å². The number of benzene rings is 1. The largest absolute Gasteiger partial charge is 0.494 e. The fourth-order valence-corrected chi connectivity index (χ4v) is 3.66. The average Bonchev–Trinajstić information content (AvgIpc) is 3.18. The highest BCUT2D eigenvalue weighted by molar-refractivity contribution is 6.30. The van der Waals surface area contributed by atoms with Gasteiger partial charge in [0.05, 0.1) is 18.2 Å². The molecule has 0 bridgehead atoms. The van der Waals surface area contributed by atoms with E-state index in [4.69, 9.17) is 21.1 Å². The van der Waals surface area contributed by atoms with E-state index in [1.807, 2.05) is 6.07 Å². The SMILES string of the molecule is Cc1cc(Cl)ccc1OCC(=O)c1c(C)c(C#N)c(=O)n(CC2CCCO2)c1O. The first-order valence-electron chi connectivity index (χ1n) is 9.23. The van der Waals surface area contributed by atoms with Gasteiger partial charge in [-0.2, -0.15) is 5.26 Å². The Hall–Kier alpha value is -2.82. The summed E-state index contributed by atoms with van der Waals surface area (Å²) in [5.41, 5.74) is -0.00562. The van der Waals surface area contributed by atoms with Gasteiger partial charge in [-0.05, 0) is 56.0 Å². The van der Waals surface area contributed by atoms with Crippen LogP contribution in [0.2, 0.25) is 5.02 Å². The third-order valence-electron chi connectivity index (χ3n) is 4.98. The van der Waals surface area contributed by atoms with Crippen molar-refractivity contribution in [3.63, 3.8) is 0 Å². The number of ketones is 1. The molecule has 1 atom stereocenters. The van der Waals surface area contributed by atoms with Crippen LogP contribution in [0.5, 0.6) is 11.6 Å². The molecule has 1 aliphatic rings. The van der Waals surface area contributed by atoms with Crippen LogP contribution in [0.25, 0.3) is 0 Å². The quantitative estimate of drug-likeness (QED) is 0.726. The second kappa shape index (κ2) is 8.68. The maximum atomic E-state index is 12.8. The number of pyridine rings is 1. The molecular weight excluding hydrogens is 396 g/mol. The van der Waals surface area contributed by atoms with Crippen molar-refractivity contribution in [1.29, 1.82) is 5.26 Å². The highest BCUT2D eigenvalue weighted by Gasteiger charge is 2.26. The molecule has 1 aromatic heterocycles. The van der Waals surface area contributed by atoms with Crippen LogP contribution >= 0.6 is 11.6 Å². The minimum atomic E-state index is -0.635. The molecule has 2 heterocycles. The topological polar surface area (TPSA) is 102 Å². The second-order valence-corrected chi connectivity index (χ2v) is 7.42. The summed E-state index contributed by atoms with van der Waals surface area (Å²) in [6.45, 7) is 3.56. The maximum absolute atomic E-state index is 12.8. The molecule has 1 aromatic carbocycles. The Labute approximate surface area is 173 Å². The average molecular weight is 417 g/mol. The Kier molecular flexibility index (Phi) is 6.26. The normalized spacial score (nSPS) is 15.9. The molecule has 1 N–H and O–H groups in total. The predicted octanol–water partition coefficient (Wildman–Crippen LogP) is 3.14. The third-order valence-corrected chi connectivity index (χ3v) is 5.22. The zero-order valence-electron chi connectivity index (χ0n) is 16.2. The number of carbonyl (C=O) groups excluding carboxylic acids is 1. The molecule has 152 valence electrons. The van der Waals surface area contributed by atoms with Gasteiger partial charge in [0.1, 0.15) is 17.4 Å². The van der Waals surface area contributed by atoms with E-state index in [-0.39, 0.29) is 35.9 Å². The fourth-order valence-electron chi connectivity index (χ4n) is 3.44. The summed E-state index contributed by atoms with van der Waals surface area (Å²) in [6.07, 6.45) is 1.35. The Morgan fingerprint density at radius 1 is 1.45 bits per heavy atom. The van der Waals surface area contributed by atoms with E-state index in [0.717, 1.165) is 23.0 Å². The second-order valence-electron chi connectivity index (χ2n) is 6.98. The van der Waals surface area contributed by atoms with Crippen LogP contribution in [-0.4, -0.2) is 34.8 Å². The van der Waals surface area contributed by atoms with E-state index in [1.165, 1.54) is 6.92 Å². The summed E-state index contributed by atoms with van der Waals surface area (Å²) in [5, 5.41) is 20.7. The summed E-state index contributed by atoms with van der Waals surface area (Å²) in [6, 6.07) is 6.85. The summed E-state index contributed by atoms with van der Waals surface area (Å²) < 4.78 is 12.1. The Balaban J connectivity index is 1.93. The van der Waals surface area contributed by atoms with E-state index in [9.17, 15) is 20.0 Å². The molecule has 29 heavy (non-hydrogen) atoms. The zero-order valence-corrected chi connectivity index (χ0v) is 17.0. The van der Waals surface area contributed by atoms with Crippen LogP contribution < -0.4 is 10.3 Å². The summed E-state index contributed by atoms with van der Waals surface area (Å²) in [7, 11) is 0. The first-order chi connectivity index (χ1) is 13.8. The number of nitrogens with zero attached hydrogens (tertiary/aromatic N) is 2. The lowest BCUT2D eigenvalue weighted by Gasteiger charge is -2.18. The lowest BCUT2D eigenvalue weighted by atomic mass is 10.0. The fraction of sp³-hybridized carbons (Fsp3) is 0.381. The van der Waals surface area contributed by atoms with Crippen molar-refractivity contribution in [1.82, 2.24) is 4.57 Å². The minimum absolute atomic E-state index is 0.0804. The molecule has 1 saturated heterocycles. The number of aromatic hydroxyl groups is 1. The van der Waals surface area contributed by atoms with E-state index < -0.39 is 17.2 Å². The number of halogens is 1. The van der Waals surface area contributed by atoms with Crippen molar-refractivity contribution < 1.29 is 19.4 Å². The molecule has 0 amide bonds. The molecule has 8 heteroatoms. The van der Waals surface area contributed by atoms with Gasteiger partial charge in [0.25, 0.3) is 5.56 Å². The highest BCUT2D eigenvalue weighted by atomic mass is 35.5. The van der Waals surface area contributed by atoms with Gasteiger partial charge in [0, 0.05) is 11.6 Å². The molecule has 0 spiro atoms. The molecule has 1 fully saturated rings. The van der Waals surface area contributed by atoms with Crippen molar-refractivity contribution in [3.8, 4) is 17.7 Å². The van der Waals surface area contributed by atoms with Gasteiger partial charge < -0.3 is 14.6 Å². The third kappa shape index (κ3) is 4.29. The number of aromatic nitrogens is 1. The first-order valence-corrected chi connectivity index (χ1v) is 9.61. The van der Waals surface area contributed by atoms with E-state index in [1.54, 1.807) is 25.1 Å². The van der Waals surface area contributed by atoms with E-state index in [0.29, 0.717) is 17.4 Å². The summed E-state index contributed by atoms with van der Waals surface area (Å²) in [4.78, 5) is 25.5. The van der Waals surface area contributed by atoms with Crippen molar-refractivity contribution in [3.05, 3.63) is 55.8 Å². The number of carbonyl (C=O) groups is 1. The lowest BCUT2D eigenvalue weighted by Crippen LogP contribution is -2.31. The lowest BCUT2D eigenvalue weighted by molar-refractivity contribution is 0.0893. The number of hydrogen-bond donors (Lipinski definition) is 1. The first kappa shape index (κ1) is 20.9. The number of ether oxygens (including phenoxy) is 2. The maximum Gasteiger partial charge on any atom is 0.271 e. The van der Waals surface area contributed by atoms with Gasteiger partial charge in [0.2, 0.25) is 11.7 Å². The minimum Gasteiger partial charge on any atom is -0.494 e. The van der Waals surface area contributed by atoms with Gasteiger partial charge in [-0.1, -0.05) is 11.6 Å². The molecule has 1 aliphatic heterocycles. The van der Waals surface area contributed by atoms with E-state index in [2.05, 4.69) is 0 Å². The molecule has 0 radical (unpaired) electrons. The van der Waals surface area contributed by atoms with Crippen LogP contribution in [0.15, 0.2) is 23.0 Å². The molecule has 3 rings (SSSR count). The van der Waals surface area contributed by atoms with Crippen molar-refractivity contribution in [2.45, 2.75) is 39.3 Å². The van der Waals surface area contributed by atoms with Crippen molar-refractivity contribution >= 4 is 17.4 Å².